The number of nitrogens with one attached hydrogen (secondary N) is 1. The van der Waals surface area contributed by atoms with Crippen LogP contribution in [0.2, 0.25) is 0 Å². The van der Waals surface area contributed by atoms with Crippen LogP contribution in [0.25, 0.3) is 0 Å². The quantitative estimate of drug-likeness (QED) is 0.893. The van der Waals surface area contributed by atoms with Gasteiger partial charge in [0, 0.05) is 36.9 Å². The molecule has 118 valence electrons. The number of hydrogen-bond acceptors (Lipinski definition) is 3. The number of nitrogens with zero attached hydrogens (tertiary/aromatic N) is 2. The standard InChI is InChI=1S/C17H28FN3/c1-4-15-8-6-5-7-11-21(15)17-16(18)14(9-10-19-17)12-20-13(2)3/h9-10,13,15,20H,4-8,11-12H2,1-3H3. The second-order valence-corrected chi connectivity index (χ2v) is 6.25. The molecule has 4 heteroatoms. The van der Waals surface area contributed by atoms with E-state index in [1.165, 1.54) is 12.8 Å². The lowest BCUT2D eigenvalue weighted by Gasteiger charge is -2.31. The molecule has 1 fully saturated rings. The normalized spacial score (nSPS) is 19.9. The van der Waals surface area contributed by atoms with Gasteiger partial charge in [-0.1, -0.05) is 33.6 Å². The molecular formula is C17H28FN3. The predicted octanol–water partition coefficient (Wildman–Crippen LogP) is 3.88. The molecule has 1 aromatic heterocycles. The predicted molar refractivity (Wildman–Crippen MR) is 86.1 cm³/mol. The van der Waals surface area contributed by atoms with Crippen LogP contribution in [0.1, 0.15) is 58.4 Å². The summed E-state index contributed by atoms with van der Waals surface area (Å²) in [5.41, 5.74) is 0.716. The fraction of sp³-hybridized carbons (Fsp3) is 0.706. The summed E-state index contributed by atoms with van der Waals surface area (Å²) in [5.74, 6) is 0.401. The van der Waals surface area contributed by atoms with Gasteiger partial charge in [0.15, 0.2) is 11.6 Å². The van der Waals surface area contributed by atoms with Crippen LogP contribution in [0.3, 0.4) is 0 Å². The molecule has 1 N–H and O–H groups in total. The van der Waals surface area contributed by atoms with E-state index in [1.54, 1.807) is 12.3 Å². The maximum atomic E-state index is 14.8. The van der Waals surface area contributed by atoms with E-state index < -0.39 is 0 Å². The summed E-state index contributed by atoms with van der Waals surface area (Å²) in [6.45, 7) is 7.81. The first kappa shape index (κ1) is 16.2. The van der Waals surface area contributed by atoms with Gasteiger partial charge in [0.05, 0.1) is 0 Å². The van der Waals surface area contributed by atoms with E-state index in [4.69, 9.17) is 0 Å². The van der Waals surface area contributed by atoms with E-state index in [1.807, 2.05) is 0 Å². The first-order chi connectivity index (χ1) is 10.1. The Labute approximate surface area is 127 Å². The fourth-order valence-electron chi connectivity index (χ4n) is 3.00. The van der Waals surface area contributed by atoms with Crippen LogP contribution in [0.5, 0.6) is 0 Å². The van der Waals surface area contributed by atoms with Crippen LogP contribution in [0.4, 0.5) is 10.2 Å². The van der Waals surface area contributed by atoms with Gasteiger partial charge >= 0.3 is 0 Å². The van der Waals surface area contributed by atoms with E-state index >= 15 is 0 Å². The van der Waals surface area contributed by atoms with Gasteiger partial charge in [-0.15, -0.1) is 0 Å². The average Bonchev–Trinajstić information content (AvgIpc) is 2.71. The van der Waals surface area contributed by atoms with E-state index in [0.717, 1.165) is 25.8 Å². The Balaban J connectivity index is 2.23. The molecule has 1 aliphatic rings. The SMILES string of the molecule is CCC1CCCCCN1c1nccc(CNC(C)C)c1F. The molecule has 3 nitrogen and oxygen atoms in total. The third-order valence-corrected chi connectivity index (χ3v) is 4.27. The molecule has 2 heterocycles. The molecule has 0 aromatic carbocycles. The molecule has 1 saturated heterocycles. The number of aromatic nitrogens is 1. The van der Waals surface area contributed by atoms with Crippen LogP contribution in [-0.2, 0) is 6.54 Å². The van der Waals surface area contributed by atoms with Gasteiger partial charge in [-0.25, -0.2) is 9.37 Å². The van der Waals surface area contributed by atoms with Gasteiger partial charge in [-0.3, -0.25) is 0 Å². The highest BCUT2D eigenvalue weighted by atomic mass is 19.1. The summed E-state index contributed by atoms with van der Waals surface area (Å²) in [4.78, 5) is 6.55. The molecule has 1 aromatic rings. The number of anilines is 1. The first-order valence-electron chi connectivity index (χ1n) is 8.26. The molecule has 0 radical (unpaired) electrons. The van der Waals surface area contributed by atoms with Gasteiger partial charge in [0.2, 0.25) is 0 Å². The molecule has 0 spiro atoms. The van der Waals surface area contributed by atoms with Crippen molar-refractivity contribution in [3.05, 3.63) is 23.6 Å². The smallest absolute Gasteiger partial charge is 0.170 e. The highest BCUT2D eigenvalue weighted by molar-refractivity contribution is 5.44. The Morgan fingerprint density at radius 1 is 1.38 bits per heavy atom. The summed E-state index contributed by atoms with van der Waals surface area (Å²) < 4.78 is 14.8. The van der Waals surface area contributed by atoms with Crippen molar-refractivity contribution >= 4 is 5.82 Å². The molecule has 1 unspecified atom stereocenters. The van der Waals surface area contributed by atoms with E-state index in [9.17, 15) is 4.39 Å². The van der Waals surface area contributed by atoms with E-state index in [0.29, 0.717) is 30.0 Å². The Bertz CT molecular complexity index is 448. The largest absolute Gasteiger partial charge is 0.351 e. The van der Waals surface area contributed by atoms with Crippen LogP contribution in [0, 0.1) is 5.82 Å². The molecule has 2 rings (SSSR count). The lowest BCUT2D eigenvalue weighted by Crippen LogP contribution is -2.36. The van der Waals surface area contributed by atoms with Crippen molar-refractivity contribution in [3.8, 4) is 0 Å². The van der Waals surface area contributed by atoms with Crippen LogP contribution >= 0.6 is 0 Å². The van der Waals surface area contributed by atoms with Gasteiger partial charge < -0.3 is 10.2 Å². The first-order valence-corrected chi connectivity index (χ1v) is 8.26. The Hall–Kier alpha value is -1.16. The second kappa shape index (κ2) is 7.74. The summed E-state index contributed by atoms with van der Waals surface area (Å²) >= 11 is 0. The minimum Gasteiger partial charge on any atom is -0.351 e. The molecule has 0 bridgehead atoms. The van der Waals surface area contributed by atoms with Crippen LogP contribution in [0.15, 0.2) is 12.3 Å². The molecule has 1 aliphatic heterocycles. The van der Waals surface area contributed by atoms with Gasteiger partial charge in [0.1, 0.15) is 0 Å². The average molecular weight is 293 g/mol. The molecule has 0 aliphatic carbocycles. The van der Waals surface area contributed by atoms with Crippen LogP contribution in [-0.4, -0.2) is 23.6 Å². The summed E-state index contributed by atoms with van der Waals surface area (Å²) in [6, 6.07) is 2.55. The van der Waals surface area contributed by atoms with Crippen molar-refractivity contribution in [2.24, 2.45) is 0 Å². The topological polar surface area (TPSA) is 28.2 Å². The number of pyridine rings is 1. The van der Waals surface area contributed by atoms with Gasteiger partial charge in [0.25, 0.3) is 0 Å². The second-order valence-electron chi connectivity index (χ2n) is 6.25. The molecule has 21 heavy (non-hydrogen) atoms. The minimum absolute atomic E-state index is 0.147. The van der Waals surface area contributed by atoms with Crippen molar-refractivity contribution in [1.82, 2.24) is 10.3 Å². The maximum Gasteiger partial charge on any atom is 0.170 e. The zero-order valence-corrected chi connectivity index (χ0v) is 13.5. The van der Waals surface area contributed by atoms with Crippen molar-refractivity contribution in [1.29, 1.82) is 0 Å². The zero-order valence-electron chi connectivity index (χ0n) is 13.5. The minimum atomic E-state index is -0.147. The van der Waals surface area contributed by atoms with Gasteiger partial charge in [-0.05, 0) is 25.3 Å². The number of halogens is 1. The number of hydrogen-bond donors (Lipinski definition) is 1. The summed E-state index contributed by atoms with van der Waals surface area (Å²) in [7, 11) is 0. The van der Waals surface area contributed by atoms with Crippen LogP contribution < -0.4 is 10.2 Å². The van der Waals surface area contributed by atoms with Crippen molar-refractivity contribution in [2.75, 3.05) is 11.4 Å². The third-order valence-electron chi connectivity index (χ3n) is 4.27. The Kier molecular flexibility index (Phi) is 5.97. The Morgan fingerprint density at radius 3 is 2.90 bits per heavy atom. The molecule has 1 atom stereocenters. The lowest BCUT2D eigenvalue weighted by molar-refractivity contribution is 0.519. The third kappa shape index (κ3) is 4.16. The zero-order chi connectivity index (χ0) is 15.2. The highest BCUT2D eigenvalue weighted by Gasteiger charge is 2.24. The number of rotatable bonds is 5. The monoisotopic (exact) mass is 293 g/mol. The van der Waals surface area contributed by atoms with Crippen molar-refractivity contribution in [2.45, 2.75) is 71.5 Å². The van der Waals surface area contributed by atoms with E-state index in [-0.39, 0.29) is 5.82 Å². The Morgan fingerprint density at radius 2 is 2.19 bits per heavy atom. The fourth-order valence-corrected chi connectivity index (χ4v) is 3.00. The highest BCUT2D eigenvalue weighted by Crippen LogP contribution is 2.27. The molecule has 0 saturated carbocycles. The van der Waals surface area contributed by atoms with Crippen molar-refractivity contribution in [3.63, 3.8) is 0 Å². The van der Waals surface area contributed by atoms with E-state index in [2.05, 4.69) is 36.0 Å². The summed E-state index contributed by atoms with van der Waals surface area (Å²) in [5, 5.41) is 3.28. The van der Waals surface area contributed by atoms with Crippen molar-refractivity contribution < 1.29 is 4.39 Å². The molecular weight excluding hydrogens is 265 g/mol. The summed E-state index contributed by atoms with van der Waals surface area (Å²) in [6.07, 6.45) is 7.55. The van der Waals surface area contributed by atoms with Gasteiger partial charge in [-0.2, -0.15) is 0 Å². The lowest BCUT2D eigenvalue weighted by atomic mass is 10.1. The maximum absolute atomic E-state index is 14.8. The molecule has 0 amide bonds.